The summed E-state index contributed by atoms with van der Waals surface area (Å²) in [6, 6.07) is 1.54. The molecule has 2 heteroatoms. The molecule has 2 fully saturated rings. The summed E-state index contributed by atoms with van der Waals surface area (Å²) in [5.41, 5.74) is 0.543. The zero-order valence-corrected chi connectivity index (χ0v) is 14.4. The highest BCUT2D eigenvalue weighted by atomic mass is 15.2. The molecule has 0 aromatic heterocycles. The average Bonchev–Trinajstić information content (AvgIpc) is 2.37. The topological polar surface area (TPSA) is 15.3 Å². The Morgan fingerprint density at radius 2 is 1.90 bits per heavy atom. The first kappa shape index (κ1) is 16.3. The van der Waals surface area contributed by atoms with Crippen molar-refractivity contribution in [3.63, 3.8) is 0 Å². The molecule has 2 aliphatic rings. The maximum atomic E-state index is 3.76. The molecule has 0 aromatic rings. The highest BCUT2D eigenvalue weighted by Crippen LogP contribution is 2.39. The SMILES string of the molecule is CCNC1CCC(C)(C)CC1CN1CC(C)CCC1C. The molecular weight excluding hydrogens is 244 g/mol. The van der Waals surface area contributed by atoms with Crippen molar-refractivity contribution >= 4 is 0 Å². The van der Waals surface area contributed by atoms with Crippen molar-refractivity contribution in [2.24, 2.45) is 17.3 Å². The van der Waals surface area contributed by atoms with Crippen molar-refractivity contribution in [3.05, 3.63) is 0 Å². The van der Waals surface area contributed by atoms with Crippen LogP contribution in [0.1, 0.15) is 66.7 Å². The lowest BCUT2D eigenvalue weighted by Gasteiger charge is -2.46. The van der Waals surface area contributed by atoms with E-state index in [-0.39, 0.29) is 0 Å². The van der Waals surface area contributed by atoms with Crippen LogP contribution >= 0.6 is 0 Å². The third kappa shape index (κ3) is 4.21. The minimum absolute atomic E-state index is 0.543. The molecule has 1 heterocycles. The second-order valence-corrected chi connectivity index (χ2v) is 8.32. The maximum absolute atomic E-state index is 3.76. The molecule has 0 bridgehead atoms. The van der Waals surface area contributed by atoms with Gasteiger partial charge in [0.15, 0.2) is 0 Å². The van der Waals surface area contributed by atoms with E-state index in [2.05, 4.69) is 44.8 Å². The first-order valence-corrected chi connectivity index (χ1v) is 8.88. The molecule has 0 spiro atoms. The molecule has 1 saturated carbocycles. The molecule has 1 N–H and O–H groups in total. The summed E-state index contributed by atoms with van der Waals surface area (Å²) in [6.45, 7) is 15.8. The van der Waals surface area contributed by atoms with E-state index in [1.165, 1.54) is 45.2 Å². The second-order valence-electron chi connectivity index (χ2n) is 8.32. The van der Waals surface area contributed by atoms with Gasteiger partial charge >= 0.3 is 0 Å². The normalized spacial score (nSPS) is 38.9. The van der Waals surface area contributed by atoms with E-state index in [1.54, 1.807) is 0 Å². The first-order chi connectivity index (χ1) is 9.41. The largest absolute Gasteiger partial charge is 0.314 e. The summed E-state index contributed by atoms with van der Waals surface area (Å²) < 4.78 is 0. The fourth-order valence-electron chi connectivity index (χ4n) is 4.39. The summed E-state index contributed by atoms with van der Waals surface area (Å²) in [7, 11) is 0. The molecule has 1 aliphatic heterocycles. The minimum Gasteiger partial charge on any atom is -0.314 e. The predicted octanol–water partition coefficient (Wildman–Crippen LogP) is 3.91. The van der Waals surface area contributed by atoms with Crippen molar-refractivity contribution in [1.82, 2.24) is 10.2 Å². The monoisotopic (exact) mass is 280 g/mol. The van der Waals surface area contributed by atoms with Gasteiger partial charge in [-0.05, 0) is 62.8 Å². The third-order valence-corrected chi connectivity index (χ3v) is 5.70. The molecular formula is C18H36N2. The van der Waals surface area contributed by atoms with Gasteiger partial charge in [0, 0.05) is 25.2 Å². The van der Waals surface area contributed by atoms with Gasteiger partial charge in [-0.3, -0.25) is 0 Å². The number of hydrogen-bond donors (Lipinski definition) is 1. The van der Waals surface area contributed by atoms with Crippen LogP contribution in [0, 0.1) is 17.3 Å². The quantitative estimate of drug-likeness (QED) is 0.840. The molecule has 0 radical (unpaired) electrons. The Bertz CT molecular complexity index is 300. The summed E-state index contributed by atoms with van der Waals surface area (Å²) in [6.07, 6.45) is 6.95. The molecule has 2 nitrogen and oxygen atoms in total. The van der Waals surface area contributed by atoms with E-state index < -0.39 is 0 Å². The highest BCUT2D eigenvalue weighted by Gasteiger charge is 2.36. The van der Waals surface area contributed by atoms with Gasteiger partial charge in [0.05, 0.1) is 0 Å². The van der Waals surface area contributed by atoms with Gasteiger partial charge in [-0.2, -0.15) is 0 Å². The lowest BCUT2D eigenvalue weighted by molar-refractivity contribution is 0.0567. The van der Waals surface area contributed by atoms with E-state index in [0.29, 0.717) is 5.41 Å². The van der Waals surface area contributed by atoms with E-state index in [4.69, 9.17) is 0 Å². The zero-order valence-electron chi connectivity index (χ0n) is 14.4. The molecule has 2 rings (SSSR count). The van der Waals surface area contributed by atoms with Gasteiger partial charge in [0.25, 0.3) is 0 Å². The van der Waals surface area contributed by atoms with Crippen LogP contribution in [0.5, 0.6) is 0 Å². The van der Waals surface area contributed by atoms with E-state index >= 15 is 0 Å². The number of nitrogens with zero attached hydrogens (tertiary/aromatic N) is 1. The lowest BCUT2D eigenvalue weighted by Crippen LogP contribution is -2.51. The van der Waals surface area contributed by atoms with Gasteiger partial charge in [-0.15, -0.1) is 0 Å². The van der Waals surface area contributed by atoms with Crippen molar-refractivity contribution in [2.75, 3.05) is 19.6 Å². The Morgan fingerprint density at radius 1 is 1.15 bits per heavy atom. The Hall–Kier alpha value is -0.0800. The molecule has 1 aliphatic carbocycles. The van der Waals surface area contributed by atoms with Gasteiger partial charge in [0.1, 0.15) is 0 Å². The average molecular weight is 280 g/mol. The van der Waals surface area contributed by atoms with Crippen LogP contribution < -0.4 is 5.32 Å². The summed E-state index contributed by atoms with van der Waals surface area (Å²) in [4.78, 5) is 2.78. The van der Waals surface area contributed by atoms with E-state index in [0.717, 1.165) is 30.5 Å². The molecule has 4 atom stereocenters. The molecule has 0 aromatic carbocycles. The van der Waals surface area contributed by atoms with E-state index in [9.17, 15) is 0 Å². The van der Waals surface area contributed by atoms with Gasteiger partial charge in [0.2, 0.25) is 0 Å². The highest BCUT2D eigenvalue weighted by molar-refractivity contribution is 4.91. The molecule has 1 saturated heterocycles. The summed E-state index contributed by atoms with van der Waals surface area (Å²) >= 11 is 0. The Kier molecular flexibility index (Phi) is 5.53. The smallest absolute Gasteiger partial charge is 0.0108 e. The molecule has 4 unspecified atom stereocenters. The standard InChI is InChI=1S/C18H36N2/c1-6-19-17-9-10-18(4,5)11-16(17)13-20-12-14(2)7-8-15(20)3/h14-17,19H,6-13H2,1-5H3. The van der Waals surface area contributed by atoms with Crippen molar-refractivity contribution in [1.29, 1.82) is 0 Å². The van der Waals surface area contributed by atoms with Gasteiger partial charge < -0.3 is 10.2 Å². The fourth-order valence-corrected chi connectivity index (χ4v) is 4.39. The number of likely N-dealkylation sites (tertiary alicyclic amines) is 1. The Morgan fingerprint density at radius 3 is 2.60 bits per heavy atom. The van der Waals surface area contributed by atoms with Gasteiger partial charge in [-0.25, -0.2) is 0 Å². The zero-order chi connectivity index (χ0) is 14.8. The second kappa shape index (κ2) is 6.79. The van der Waals surface area contributed by atoms with Crippen LogP contribution in [0.4, 0.5) is 0 Å². The summed E-state index contributed by atoms with van der Waals surface area (Å²) in [5.74, 6) is 1.73. The Labute approximate surface area is 126 Å². The van der Waals surface area contributed by atoms with Crippen LogP contribution in [0.2, 0.25) is 0 Å². The van der Waals surface area contributed by atoms with Crippen molar-refractivity contribution in [3.8, 4) is 0 Å². The number of nitrogens with one attached hydrogen (secondary N) is 1. The van der Waals surface area contributed by atoms with Crippen LogP contribution in [-0.4, -0.2) is 36.6 Å². The minimum atomic E-state index is 0.543. The van der Waals surface area contributed by atoms with Crippen molar-refractivity contribution in [2.45, 2.75) is 78.8 Å². The lowest BCUT2D eigenvalue weighted by atomic mass is 9.69. The van der Waals surface area contributed by atoms with Gasteiger partial charge in [-0.1, -0.05) is 27.7 Å². The maximum Gasteiger partial charge on any atom is 0.0108 e. The van der Waals surface area contributed by atoms with Crippen LogP contribution in [-0.2, 0) is 0 Å². The number of piperidine rings is 1. The molecule has 0 amide bonds. The molecule has 20 heavy (non-hydrogen) atoms. The summed E-state index contributed by atoms with van der Waals surface area (Å²) in [5, 5.41) is 3.76. The van der Waals surface area contributed by atoms with Crippen LogP contribution in [0.15, 0.2) is 0 Å². The van der Waals surface area contributed by atoms with Crippen LogP contribution in [0.3, 0.4) is 0 Å². The predicted molar refractivity (Wildman–Crippen MR) is 88.0 cm³/mol. The number of rotatable bonds is 4. The Balaban J connectivity index is 1.98. The van der Waals surface area contributed by atoms with E-state index in [1.807, 2.05) is 0 Å². The fraction of sp³-hybridized carbons (Fsp3) is 1.00. The first-order valence-electron chi connectivity index (χ1n) is 8.88. The van der Waals surface area contributed by atoms with Crippen molar-refractivity contribution < 1.29 is 0 Å². The molecule has 118 valence electrons. The number of hydrogen-bond acceptors (Lipinski definition) is 2. The third-order valence-electron chi connectivity index (χ3n) is 5.70. The van der Waals surface area contributed by atoms with Crippen LogP contribution in [0.25, 0.3) is 0 Å².